The predicted molar refractivity (Wildman–Crippen MR) is 40.4 cm³/mol. The van der Waals surface area contributed by atoms with E-state index in [2.05, 4.69) is 5.32 Å². The molecule has 0 aromatic rings. The molecule has 0 spiro atoms. The smallest absolute Gasteiger partial charge is 0.132 e. The lowest BCUT2D eigenvalue weighted by molar-refractivity contribution is 0.909. The Morgan fingerprint density at radius 3 is 2.80 bits per heavy atom. The maximum atomic E-state index is 8.42. The number of nitrogens with zero attached hydrogens (tertiary/aromatic N) is 1. The third-order valence-corrected chi connectivity index (χ3v) is 1.61. The summed E-state index contributed by atoms with van der Waals surface area (Å²) in [5, 5.41) is 12.2. The molecule has 0 aromatic carbocycles. The zero-order chi connectivity index (χ0) is 7.56. The first kappa shape index (κ1) is 7.46. The summed E-state index contributed by atoms with van der Waals surface area (Å²) in [5.74, 6) is 0. The zero-order valence-corrected chi connectivity index (χ0v) is 6.50. The van der Waals surface area contributed by atoms with E-state index < -0.39 is 0 Å². The highest BCUT2D eigenvalue weighted by atomic mass is 35.5. The van der Waals surface area contributed by atoms with Crippen LogP contribution in [0.25, 0.3) is 0 Å². The second kappa shape index (κ2) is 2.96. The number of hydrogen-bond acceptors (Lipinski definition) is 2. The van der Waals surface area contributed by atoms with Crippen molar-refractivity contribution < 1.29 is 0 Å². The minimum absolute atomic E-state index is 0.374. The summed E-state index contributed by atoms with van der Waals surface area (Å²) in [6.07, 6.45) is 1.57. The van der Waals surface area contributed by atoms with Gasteiger partial charge < -0.3 is 5.32 Å². The summed E-state index contributed by atoms with van der Waals surface area (Å²) in [4.78, 5) is 0. The van der Waals surface area contributed by atoms with Crippen LogP contribution in [0.15, 0.2) is 21.8 Å². The highest BCUT2D eigenvalue weighted by Gasteiger charge is 2.07. The molecule has 0 atom stereocenters. The fourth-order valence-electron chi connectivity index (χ4n) is 0.611. The molecule has 1 aliphatic rings. The molecule has 0 saturated carbocycles. The Balaban J connectivity index is 2.93. The van der Waals surface area contributed by atoms with Crippen LogP contribution < -0.4 is 5.32 Å². The van der Waals surface area contributed by atoms with Gasteiger partial charge in [-0.3, -0.25) is 0 Å². The molecule has 4 heteroatoms. The minimum atomic E-state index is 0.374. The fourth-order valence-corrected chi connectivity index (χ4v) is 1.08. The molecule has 2 nitrogen and oxygen atoms in total. The lowest BCUT2D eigenvalue weighted by Gasteiger charge is -2.09. The fraction of sp³-hybridized carbons (Fsp3) is 0.167. The molecule has 1 heterocycles. The first-order chi connectivity index (χ1) is 4.74. The van der Waals surface area contributed by atoms with Gasteiger partial charge in [0.25, 0.3) is 0 Å². The summed E-state index contributed by atoms with van der Waals surface area (Å²) in [7, 11) is 0. The molecule has 0 bridgehead atoms. The van der Waals surface area contributed by atoms with Gasteiger partial charge in [0.15, 0.2) is 0 Å². The van der Waals surface area contributed by atoms with Gasteiger partial charge in [-0.2, -0.15) is 5.26 Å². The number of dihydropyridines is 1. The van der Waals surface area contributed by atoms with E-state index in [1.807, 2.05) is 6.07 Å². The average Bonchev–Trinajstić information content (AvgIpc) is 1.88. The molecule has 0 amide bonds. The molecular weight excluding hydrogens is 171 g/mol. The van der Waals surface area contributed by atoms with Gasteiger partial charge in [0.2, 0.25) is 0 Å². The van der Waals surface area contributed by atoms with Crippen LogP contribution in [0.3, 0.4) is 0 Å². The lowest BCUT2D eigenvalue weighted by atomic mass is 10.3. The quantitative estimate of drug-likeness (QED) is 0.607. The first-order valence-corrected chi connectivity index (χ1v) is 3.39. The molecular formula is C6H4Cl2N2. The Labute approximate surface area is 68.7 Å². The van der Waals surface area contributed by atoms with E-state index in [-0.39, 0.29) is 0 Å². The van der Waals surface area contributed by atoms with Crippen molar-refractivity contribution in [1.29, 1.82) is 5.26 Å². The largest absolute Gasteiger partial charge is 0.370 e. The van der Waals surface area contributed by atoms with E-state index >= 15 is 0 Å². The molecule has 0 aliphatic carbocycles. The second-order valence-corrected chi connectivity index (χ2v) is 2.67. The molecule has 0 unspecified atom stereocenters. The van der Waals surface area contributed by atoms with Crippen LogP contribution in [0.1, 0.15) is 0 Å². The monoisotopic (exact) mass is 174 g/mol. The number of hydrogen-bond donors (Lipinski definition) is 1. The summed E-state index contributed by atoms with van der Waals surface area (Å²) in [6.45, 7) is 0.487. The van der Waals surface area contributed by atoms with E-state index in [9.17, 15) is 0 Å². The van der Waals surface area contributed by atoms with Crippen molar-refractivity contribution in [3.05, 3.63) is 21.8 Å². The standard InChI is InChI=1S/C6H4Cl2N2/c7-4-1-5(8)6(2-9)10-3-4/h1,10H,3H2. The molecule has 0 fully saturated rings. The minimum Gasteiger partial charge on any atom is -0.370 e. The van der Waals surface area contributed by atoms with Gasteiger partial charge in [0.05, 0.1) is 11.6 Å². The predicted octanol–water partition coefficient (Wildman–Crippen LogP) is 1.69. The normalized spacial score (nSPS) is 17.5. The van der Waals surface area contributed by atoms with E-state index in [1.165, 1.54) is 0 Å². The van der Waals surface area contributed by atoms with Crippen LogP contribution in [-0.4, -0.2) is 6.54 Å². The van der Waals surface area contributed by atoms with E-state index in [0.717, 1.165) is 0 Å². The molecule has 1 N–H and O–H groups in total. The molecule has 10 heavy (non-hydrogen) atoms. The number of nitrogens with one attached hydrogen (secondary N) is 1. The highest BCUT2D eigenvalue weighted by molar-refractivity contribution is 6.35. The molecule has 0 aromatic heterocycles. The first-order valence-electron chi connectivity index (χ1n) is 2.64. The zero-order valence-electron chi connectivity index (χ0n) is 4.99. The van der Waals surface area contributed by atoms with Gasteiger partial charge in [0, 0.05) is 5.03 Å². The van der Waals surface area contributed by atoms with Gasteiger partial charge in [-0.1, -0.05) is 23.2 Å². The van der Waals surface area contributed by atoms with Crippen molar-refractivity contribution in [3.8, 4) is 6.07 Å². The Morgan fingerprint density at radius 1 is 1.60 bits per heavy atom. The topological polar surface area (TPSA) is 35.8 Å². The third kappa shape index (κ3) is 1.44. The van der Waals surface area contributed by atoms with E-state index in [4.69, 9.17) is 28.5 Å². The SMILES string of the molecule is N#CC1=C(Cl)C=C(Cl)CN1. The average molecular weight is 175 g/mol. The van der Waals surface area contributed by atoms with Gasteiger partial charge in [0.1, 0.15) is 11.8 Å². The van der Waals surface area contributed by atoms with Gasteiger partial charge in [-0.25, -0.2) is 0 Å². The van der Waals surface area contributed by atoms with Crippen LogP contribution in [0.5, 0.6) is 0 Å². The van der Waals surface area contributed by atoms with E-state index in [1.54, 1.807) is 6.08 Å². The van der Waals surface area contributed by atoms with Crippen LogP contribution in [0.2, 0.25) is 0 Å². The Morgan fingerprint density at radius 2 is 2.30 bits per heavy atom. The maximum Gasteiger partial charge on any atom is 0.132 e. The van der Waals surface area contributed by atoms with Gasteiger partial charge >= 0.3 is 0 Å². The van der Waals surface area contributed by atoms with Crippen molar-refractivity contribution >= 4 is 23.2 Å². The lowest BCUT2D eigenvalue weighted by Crippen LogP contribution is -2.18. The molecule has 0 radical (unpaired) electrons. The summed E-state index contributed by atoms with van der Waals surface area (Å²) < 4.78 is 0. The molecule has 52 valence electrons. The van der Waals surface area contributed by atoms with Crippen molar-refractivity contribution in [1.82, 2.24) is 5.32 Å². The Hall–Kier alpha value is -0.650. The van der Waals surface area contributed by atoms with Crippen molar-refractivity contribution in [2.75, 3.05) is 6.54 Å². The number of halogens is 2. The van der Waals surface area contributed by atoms with Crippen molar-refractivity contribution in [3.63, 3.8) is 0 Å². The highest BCUT2D eigenvalue weighted by Crippen LogP contribution is 2.17. The van der Waals surface area contributed by atoms with Crippen LogP contribution in [-0.2, 0) is 0 Å². The third-order valence-electron chi connectivity index (χ3n) is 1.07. The summed E-state index contributed by atoms with van der Waals surface area (Å²) in [6, 6.07) is 1.91. The molecule has 1 aliphatic heterocycles. The Kier molecular flexibility index (Phi) is 2.21. The molecule has 0 saturated heterocycles. The van der Waals surface area contributed by atoms with Gasteiger partial charge in [-0.05, 0) is 6.08 Å². The maximum absolute atomic E-state index is 8.42. The second-order valence-electron chi connectivity index (χ2n) is 1.78. The van der Waals surface area contributed by atoms with Gasteiger partial charge in [-0.15, -0.1) is 0 Å². The van der Waals surface area contributed by atoms with Crippen molar-refractivity contribution in [2.24, 2.45) is 0 Å². The summed E-state index contributed by atoms with van der Waals surface area (Å²) in [5.41, 5.74) is 0.381. The van der Waals surface area contributed by atoms with Crippen molar-refractivity contribution in [2.45, 2.75) is 0 Å². The number of rotatable bonds is 0. The van der Waals surface area contributed by atoms with Crippen LogP contribution in [0.4, 0.5) is 0 Å². The Bertz CT molecular complexity index is 247. The molecule has 1 rings (SSSR count). The van der Waals surface area contributed by atoms with Crippen LogP contribution in [0, 0.1) is 11.3 Å². The number of nitriles is 1. The summed E-state index contributed by atoms with van der Waals surface area (Å²) >= 11 is 11.2. The van der Waals surface area contributed by atoms with E-state index in [0.29, 0.717) is 22.3 Å². The number of allylic oxidation sites excluding steroid dienone is 3. The van der Waals surface area contributed by atoms with Crippen LogP contribution >= 0.6 is 23.2 Å².